The summed E-state index contributed by atoms with van der Waals surface area (Å²) < 4.78 is 17.1. The van der Waals surface area contributed by atoms with Crippen LogP contribution in [0.25, 0.3) is 0 Å². The molecule has 1 amide bonds. The number of benzene rings is 2. The Kier molecular flexibility index (Phi) is 2.98. The normalized spacial score (nSPS) is 22.0. The fourth-order valence-electron chi connectivity index (χ4n) is 3.82. The fraction of sp³-hybridized carbons (Fsp3) is 0.263. The van der Waals surface area contributed by atoms with Gasteiger partial charge in [0.25, 0.3) is 5.91 Å². The summed E-state index contributed by atoms with van der Waals surface area (Å²) in [6, 6.07) is 10.8. The molecule has 3 aliphatic rings. The first-order chi connectivity index (χ1) is 12.6. The van der Waals surface area contributed by atoms with Crippen LogP contribution in [0.1, 0.15) is 18.1 Å². The molecule has 7 nitrogen and oxygen atoms in total. The van der Waals surface area contributed by atoms with E-state index in [1.165, 1.54) is 6.92 Å². The lowest BCUT2D eigenvalue weighted by molar-refractivity contribution is -0.148. The minimum Gasteiger partial charge on any atom is -0.491 e. The van der Waals surface area contributed by atoms with Crippen LogP contribution in [0.5, 0.6) is 17.2 Å². The topological polar surface area (TPSA) is 74.3 Å². The third-order valence-electron chi connectivity index (χ3n) is 4.90. The van der Waals surface area contributed by atoms with Gasteiger partial charge < -0.3 is 19.0 Å². The molecule has 0 saturated heterocycles. The first-order valence-electron chi connectivity index (χ1n) is 8.31. The van der Waals surface area contributed by atoms with Crippen molar-refractivity contribution in [3.63, 3.8) is 0 Å². The van der Waals surface area contributed by atoms with Crippen LogP contribution in [0, 0.1) is 0 Å². The highest BCUT2D eigenvalue weighted by Gasteiger charge is 2.58. The van der Waals surface area contributed by atoms with Gasteiger partial charge in [-0.3, -0.25) is 4.79 Å². The fourth-order valence-corrected chi connectivity index (χ4v) is 3.82. The maximum atomic E-state index is 13.3. The van der Waals surface area contributed by atoms with Crippen molar-refractivity contribution in [1.82, 2.24) is 0 Å². The van der Waals surface area contributed by atoms with E-state index >= 15 is 0 Å². The van der Waals surface area contributed by atoms with Crippen LogP contribution in [-0.2, 0) is 19.8 Å². The minimum atomic E-state index is -1.07. The minimum absolute atomic E-state index is 0.124. The van der Waals surface area contributed by atoms with Crippen LogP contribution in [-0.4, -0.2) is 31.7 Å². The Hall–Kier alpha value is -3.22. The Morgan fingerprint density at radius 1 is 1.04 bits per heavy atom. The quantitative estimate of drug-likeness (QED) is 0.780. The molecule has 2 aromatic carbocycles. The maximum absolute atomic E-state index is 13.3. The molecular weight excluding hydrogens is 338 g/mol. The molecule has 1 spiro atoms. The Morgan fingerprint density at radius 3 is 2.54 bits per heavy atom. The molecule has 5 rings (SSSR count). The van der Waals surface area contributed by atoms with Crippen LogP contribution >= 0.6 is 0 Å². The van der Waals surface area contributed by atoms with Gasteiger partial charge in [-0.15, -0.1) is 5.06 Å². The zero-order valence-corrected chi connectivity index (χ0v) is 14.0. The van der Waals surface area contributed by atoms with Gasteiger partial charge in [0.2, 0.25) is 0 Å². The number of fused-ring (bicyclic) bond motifs is 5. The van der Waals surface area contributed by atoms with Gasteiger partial charge in [-0.25, -0.2) is 4.79 Å². The highest BCUT2D eigenvalue weighted by Crippen LogP contribution is 2.54. The van der Waals surface area contributed by atoms with E-state index in [0.29, 0.717) is 41.7 Å². The predicted octanol–water partition coefficient (Wildman–Crippen LogP) is 1.96. The van der Waals surface area contributed by atoms with Gasteiger partial charge in [0.1, 0.15) is 31.0 Å². The van der Waals surface area contributed by atoms with E-state index < -0.39 is 11.4 Å². The van der Waals surface area contributed by atoms with Crippen molar-refractivity contribution in [2.45, 2.75) is 12.3 Å². The SMILES string of the molecule is CC(=O)ON1C(=O)C2(COc3cc4c(cc32)OCCO4)c2ccccc21. The largest absolute Gasteiger partial charge is 0.491 e. The summed E-state index contributed by atoms with van der Waals surface area (Å²) in [5.74, 6) is 0.830. The number of hydrogen-bond donors (Lipinski definition) is 0. The summed E-state index contributed by atoms with van der Waals surface area (Å²) in [5.41, 5.74) is 0.895. The molecule has 132 valence electrons. The number of anilines is 1. The van der Waals surface area contributed by atoms with Crippen LogP contribution in [0.2, 0.25) is 0 Å². The van der Waals surface area contributed by atoms with Gasteiger partial charge in [0.15, 0.2) is 11.5 Å². The van der Waals surface area contributed by atoms with Crippen molar-refractivity contribution in [3.05, 3.63) is 47.5 Å². The average molecular weight is 353 g/mol. The molecule has 2 aromatic rings. The molecule has 0 aromatic heterocycles. The van der Waals surface area contributed by atoms with E-state index in [2.05, 4.69) is 0 Å². The molecule has 3 heterocycles. The molecule has 0 fully saturated rings. The highest BCUT2D eigenvalue weighted by atomic mass is 16.7. The Labute approximate surface area is 149 Å². The molecule has 1 unspecified atom stereocenters. The Balaban J connectivity index is 1.71. The monoisotopic (exact) mass is 353 g/mol. The van der Waals surface area contributed by atoms with Crippen molar-refractivity contribution in [2.24, 2.45) is 0 Å². The van der Waals surface area contributed by atoms with Gasteiger partial charge in [-0.2, -0.15) is 0 Å². The lowest BCUT2D eigenvalue weighted by atomic mass is 9.77. The second-order valence-corrected chi connectivity index (χ2v) is 6.39. The van der Waals surface area contributed by atoms with Crippen LogP contribution < -0.4 is 19.3 Å². The summed E-state index contributed by atoms with van der Waals surface area (Å²) >= 11 is 0. The van der Waals surface area contributed by atoms with E-state index in [9.17, 15) is 9.59 Å². The van der Waals surface area contributed by atoms with Gasteiger partial charge >= 0.3 is 5.97 Å². The highest BCUT2D eigenvalue weighted by molar-refractivity contribution is 6.11. The number of rotatable bonds is 1. The lowest BCUT2D eigenvalue weighted by Crippen LogP contribution is -2.43. The van der Waals surface area contributed by atoms with Crippen molar-refractivity contribution in [3.8, 4) is 17.2 Å². The van der Waals surface area contributed by atoms with E-state index in [1.807, 2.05) is 12.1 Å². The number of nitrogens with zero attached hydrogens (tertiary/aromatic N) is 1. The molecule has 0 radical (unpaired) electrons. The second kappa shape index (κ2) is 5.14. The van der Waals surface area contributed by atoms with E-state index in [-0.39, 0.29) is 12.5 Å². The van der Waals surface area contributed by atoms with Crippen molar-refractivity contribution in [2.75, 3.05) is 24.9 Å². The zero-order valence-electron chi connectivity index (χ0n) is 14.0. The van der Waals surface area contributed by atoms with E-state index in [4.69, 9.17) is 19.0 Å². The number of carbonyl (C=O) groups is 2. The first kappa shape index (κ1) is 15.1. The molecule has 7 heteroatoms. The van der Waals surface area contributed by atoms with Crippen LogP contribution in [0.3, 0.4) is 0 Å². The third kappa shape index (κ3) is 1.82. The zero-order chi connectivity index (χ0) is 17.9. The van der Waals surface area contributed by atoms with Gasteiger partial charge in [0, 0.05) is 24.1 Å². The van der Waals surface area contributed by atoms with E-state index in [1.54, 1.807) is 24.3 Å². The first-order valence-corrected chi connectivity index (χ1v) is 8.31. The number of amides is 1. The average Bonchev–Trinajstić information content (AvgIpc) is 3.13. The number of ether oxygens (including phenoxy) is 3. The van der Waals surface area contributed by atoms with Crippen LogP contribution in [0.4, 0.5) is 5.69 Å². The Morgan fingerprint density at radius 2 is 1.77 bits per heavy atom. The number of para-hydroxylation sites is 1. The predicted molar refractivity (Wildman–Crippen MR) is 89.4 cm³/mol. The molecule has 0 aliphatic carbocycles. The Bertz CT molecular complexity index is 955. The van der Waals surface area contributed by atoms with Gasteiger partial charge in [-0.05, 0) is 12.1 Å². The van der Waals surface area contributed by atoms with Crippen LogP contribution in [0.15, 0.2) is 36.4 Å². The molecule has 3 aliphatic heterocycles. The van der Waals surface area contributed by atoms with Crippen molar-refractivity contribution in [1.29, 1.82) is 0 Å². The van der Waals surface area contributed by atoms with E-state index in [0.717, 1.165) is 10.6 Å². The van der Waals surface area contributed by atoms with Crippen molar-refractivity contribution >= 4 is 17.6 Å². The summed E-state index contributed by atoms with van der Waals surface area (Å²) in [6.45, 7) is 2.31. The molecular formula is C19H15NO6. The summed E-state index contributed by atoms with van der Waals surface area (Å²) in [7, 11) is 0. The van der Waals surface area contributed by atoms with Gasteiger partial charge in [0.05, 0.1) is 5.69 Å². The number of hydroxylamine groups is 1. The maximum Gasteiger partial charge on any atom is 0.330 e. The molecule has 26 heavy (non-hydrogen) atoms. The second-order valence-electron chi connectivity index (χ2n) is 6.39. The number of hydrogen-bond acceptors (Lipinski definition) is 6. The summed E-state index contributed by atoms with van der Waals surface area (Å²) in [6.07, 6.45) is 0. The van der Waals surface area contributed by atoms with Crippen molar-refractivity contribution < 1.29 is 28.6 Å². The molecule has 0 N–H and O–H groups in total. The smallest absolute Gasteiger partial charge is 0.330 e. The third-order valence-corrected chi connectivity index (χ3v) is 4.90. The lowest BCUT2D eigenvalue weighted by Gasteiger charge is -2.23. The molecule has 0 bridgehead atoms. The molecule has 0 saturated carbocycles. The number of carbonyl (C=O) groups excluding carboxylic acids is 2. The molecule has 1 atom stereocenters. The summed E-state index contributed by atoms with van der Waals surface area (Å²) in [4.78, 5) is 30.1. The van der Waals surface area contributed by atoms with Gasteiger partial charge in [-0.1, -0.05) is 18.2 Å². The standard InChI is InChI=1S/C19H15NO6/c1-11(21)26-20-14-5-3-2-4-12(14)19(18(20)22)10-25-15-9-17-16(8-13(15)19)23-6-7-24-17/h2-5,8-9H,6-7,10H2,1H3. The summed E-state index contributed by atoms with van der Waals surface area (Å²) in [5, 5.41) is 1.06.